The molecule has 0 aliphatic carbocycles. The Hall–Kier alpha value is -1.40. The molecule has 1 rings (SSSR count). The van der Waals surface area contributed by atoms with Crippen LogP contribution in [0.15, 0.2) is 29.2 Å². The summed E-state index contributed by atoms with van der Waals surface area (Å²) < 4.78 is 27.8. The van der Waals surface area contributed by atoms with Gasteiger partial charge in [0.1, 0.15) is 0 Å². The van der Waals surface area contributed by atoms with Crippen molar-refractivity contribution in [2.24, 2.45) is 11.1 Å². The van der Waals surface area contributed by atoms with E-state index < -0.39 is 16.0 Å². The summed E-state index contributed by atoms with van der Waals surface area (Å²) >= 11 is 0. The normalized spacial score (nSPS) is 12.9. The van der Waals surface area contributed by atoms with Crippen LogP contribution in [-0.4, -0.2) is 21.0 Å². The standard InChI is InChI=1S/C15H23NO4S/c1-3-5-7-12(4-2)11-20-15(17)13-8-6-9-14(10-13)21(16,18)19/h6,8-10,12H,3-5,7,11H2,1-2H3,(H2,16,18,19). The number of esters is 1. The summed E-state index contributed by atoms with van der Waals surface area (Å²) in [4.78, 5) is 11.9. The Balaban J connectivity index is 2.67. The minimum atomic E-state index is -3.81. The van der Waals surface area contributed by atoms with Crippen LogP contribution < -0.4 is 5.14 Å². The molecule has 1 aromatic rings. The minimum Gasteiger partial charge on any atom is -0.462 e. The number of carbonyl (C=O) groups is 1. The van der Waals surface area contributed by atoms with Gasteiger partial charge in [0.15, 0.2) is 0 Å². The third kappa shape index (κ3) is 5.85. The molecular weight excluding hydrogens is 290 g/mol. The van der Waals surface area contributed by atoms with Gasteiger partial charge in [0.05, 0.1) is 17.1 Å². The van der Waals surface area contributed by atoms with Crippen molar-refractivity contribution in [3.8, 4) is 0 Å². The van der Waals surface area contributed by atoms with Crippen LogP contribution in [0.5, 0.6) is 0 Å². The van der Waals surface area contributed by atoms with Gasteiger partial charge in [0, 0.05) is 0 Å². The van der Waals surface area contributed by atoms with Crippen LogP contribution in [0.3, 0.4) is 0 Å². The first-order chi connectivity index (χ1) is 9.88. The van der Waals surface area contributed by atoms with Crippen LogP contribution in [0, 0.1) is 5.92 Å². The zero-order chi connectivity index (χ0) is 15.9. The van der Waals surface area contributed by atoms with Crippen LogP contribution in [0.2, 0.25) is 0 Å². The second kappa shape index (κ2) is 8.14. The lowest BCUT2D eigenvalue weighted by molar-refractivity contribution is 0.0428. The molecule has 6 heteroatoms. The first kappa shape index (κ1) is 17.7. The molecular formula is C15H23NO4S. The topological polar surface area (TPSA) is 86.5 Å². The Morgan fingerprint density at radius 1 is 1.33 bits per heavy atom. The average molecular weight is 313 g/mol. The monoisotopic (exact) mass is 313 g/mol. The van der Waals surface area contributed by atoms with Gasteiger partial charge in [-0.2, -0.15) is 0 Å². The van der Waals surface area contributed by atoms with Gasteiger partial charge in [-0.25, -0.2) is 18.4 Å². The molecule has 1 aromatic carbocycles. The molecule has 2 N–H and O–H groups in total. The lowest BCUT2D eigenvalue weighted by Gasteiger charge is -2.14. The molecule has 1 unspecified atom stereocenters. The summed E-state index contributed by atoms with van der Waals surface area (Å²) in [6.45, 7) is 4.54. The molecule has 118 valence electrons. The number of hydrogen-bond acceptors (Lipinski definition) is 4. The molecule has 1 atom stereocenters. The van der Waals surface area contributed by atoms with Crippen LogP contribution in [-0.2, 0) is 14.8 Å². The Kier molecular flexibility index (Phi) is 6.84. The van der Waals surface area contributed by atoms with E-state index in [-0.39, 0.29) is 10.5 Å². The first-order valence-corrected chi connectivity index (χ1v) is 8.73. The van der Waals surface area contributed by atoms with Gasteiger partial charge in [0.25, 0.3) is 0 Å². The van der Waals surface area contributed by atoms with Gasteiger partial charge in [-0.05, 0) is 30.5 Å². The predicted octanol–water partition coefficient (Wildman–Crippen LogP) is 2.71. The molecule has 0 aliphatic heterocycles. The van der Waals surface area contributed by atoms with E-state index in [2.05, 4.69) is 13.8 Å². The summed E-state index contributed by atoms with van der Waals surface area (Å²) in [7, 11) is -3.81. The van der Waals surface area contributed by atoms with Gasteiger partial charge >= 0.3 is 5.97 Å². The molecule has 0 saturated carbocycles. The van der Waals surface area contributed by atoms with Gasteiger partial charge < -0.3 is 4.74 Å². The summed E-state index contributed by atoms with van der Waals surface area (Å²) in [5.74, 6) is -0.175. The second-order valence-electron chi connectivity index (χ2n) is 5.09. The summed E-state index contributed by atoms with van der Waals surface area (Å²) in [5, 5.41) is 5.04. The highest BCUT2D eigenvalue weighted by Gasteiger charge is 2.15. The maximum Gasteiger partial charge on any atom is 0.338 e. The fraction of sp³-hybridized carbons (Fsp3) is 0.533. The molecule has 0 bridgehead atoms. The zero-order valence-electron chi connectivity index (χ0n) is 12.5. The zero-order valence-corrected chi connectivity index (χ0v) is 13.4. The van der Waals surface area contributed by atoms with E-state index in [1.54, 1.807) is 0 Å². The highest BCUT2D eigenvalue weighted by molar-refractivity contribution is 7.89. The van der Waals surface area contributed by atoms with Crippen molar-refractivity contribution in [1.29, 1.82) is 0 Å². The summed E-state index contributed by atoms with van der Waals surface area (Å²) in [5.41, 5.74) is 0.201. The second-order valence-corrected chi connectivity index (χ2v) is 6.65. The number of unbranched alkanes of at least 4 members (excludes halogenated alkanes) is 1. The fourth-order valence-corrected chi connectivity index (χ4v) is 2.53. The van der Waals surface area contributed by atoms with Gasteiger partial charge in [-0.3, -0.25) is 0 Å². The molecule has 5 nitrogen and oxygen atoms in total. The van der Waals surface area contributed by atoms with Crippen molar-refractivity contribution in [3.63, 3.8) is 0 Å². The molecule has 0 saturated heterocycles. The fourth-order valence-electron chi connectivity index (χ4n) is 1.98. The highest BCUT2D eigenvalue weighted by Crippen LogP contribution is 2.15. The Morgan fingerprint density at radius 3 is 2.62 bits per heavy atom. The Bertz CT molecular complexity index is 569. The van der Waals surface area contributed by atoms with Crippen LogP contribution in [0.1, 0.15) is 49.9 Å². The largest absolute Gasteiger partial charge is 0.462 e. The molecule has 0 spiro atoms. The lowest BCUT2D eigenvalue weighted by atomic mass is 10.0. The molecule has 0 aromatic heterocycles. The third-order valence-corrected chi connectivity index (χ3v) is 4.30. The number of hydrogen-bond donors (Lipinski definition) is 1. The molecule has 0 heterocycles. The number of sulfonamides is 1. The van der Waals surface area contributed by atoms with E-state index in [4.69, 9.17) is 9.88 Å². The summed E-state index contributed by atoms with van der Waals surface area (Å²) in [6, 6.07) is 5.58. The lowest BCUT2D eigenvalue weighted by Crippen LogP contribution is -2.16. The molecule has 21 heavy (non-hydrogen) atoms. The number of rotatable bonds is 8. The quantitative estimate of drug-likeness (QED) is 0.748. The molecule has 0 aliphatic rings. The Labute approximate surface area is 126 Å². The predicted molar refractivity (Wildman–Crippen MR) is 81.4 cm³/mol. The maximum absolute atomic E-state index is 12.0. The van der Waals surface area contributed by atoms with Gasteiger partial charge in [0.2, 0.25) is 10.0 Å². The third-order valence-electron chi connectivity index (χ3n) is 3.39. The SMILES string of the molecule is CCCCC(CC)COC(=O)c1cccc(S(N)(=O)=O)c1. The van der Waals surface area contributed by atoms with Gasteiger partial charge in [-0.1, -0.05) is 39.2 Å². The van der Waals surface area contributed by atoms with Crippen molar-refractivity contribution in [1.82, 2.24) is 0 Å². The van der Waals surface area contributed by atoms with E-state index in [0.29, 0.717) is 12.5 Å². The average Bonchev–Trinajstić information content (AvgIpc) is 2.46. The van der Waals surface area contributed by atoms with E-state index in [1.807, 2.05) is 0 Å². The van der Waals surface area contributed by atoms with Gasteiger partial charge in [-0.15, -0.1) is 0 Å². The van der Waals surface area contributed by atoms with Crippen molar-refractivity contribution in [2.75, 3.05) is 6.61 Å². The van der Waals surface area contributed by atoms with Crippen molar-refractivity contribution < 1.29 is 17.9 Å². The molecule has 0 amide bonds. The first-order valence-electron chi connectivity index (χ1n) is 7.18. The van der Waals surface area contributed by atoms with Crippen molar-refractivity contribution in [3.05, 3.63) is 29.8 Å². The minimum absolute atomic E-state index is 0.0880. The number of primary sulfonamides is 1. The number of ether oxygens (including phenoxy) is 1. The number of nitrogens with two attached hydrogens (primary N) is 1. The molecule has 0 radical (unpaired) electrons. The van der Waals surface area contributed by atoms with E-state index in [0.717, 1.165) is 25.7 Å². The van der Waals surface area contributed by atoms with Crippen LogP contribution in [0.25, 0.3) is 0 Å². The highest BCUT2D eigenvalue weighted by atomic mass is 32.2. The van der Waals surface area contributed by atoms with Crippen molar-refractivity contribution >= 4 is 16.0 Å². The van der Waals surface area contributed by atoms with Crippen LogP contribution >= 0.6 is 0 Å². The van der Waals surface area contributed by atoms with E-state index in [9.17, 15) is 13.2 Å². The van der Waals surface area contributed by atoms with E-state index in [1.165, 1.54) is 24.3 Å². The maximum atomic E-state index is 12.0. The Morgan fingerprint density at radius 2 is 2.05 bits per heavy atom. The number of benzene rings is 1. The molecule has 0 fully saturated rings. The smallest absolute Gasteiger partial charge is 0.338 e. The number of carbonyl (C=O) groups excluding carboxylic acids is 1. The summed E-state index contributed by atoms with van der Waals surface area (Å²) in [6.07, 6.45) is 4.19. The van der Waals surface area contributed by atoms with Crippen molar-refractivity contribution in [2.45, 2.75) is 44.4 Å². The van der Waals surface area contributed by atoms with E-state index >= 15 is 0 Å². The van der Waals surface area contributed by atoms with Crippen LogP contribution in [0.4, 0.5) is 0 Å².